The normalized spacial score (nSPS) is 10.2. The molecule has 0 radical (unpaired) electrons. The number of hydrogen-bond acceptors (Lipinski definition) is 4. The molecule has 0 fully saturated rings. The van der Waals surface area contributed by atoms with Crippen molar-refractivity contribution in [1.29, 1.82) is 0 Å². The Morgan fingerprint density at radius 3 is 2.63 bits per heavy atom. The Bertz CT molecular complexity index is 575. The van der Waals surface area contributed by atoms with Crippen molar-refractivity contribution in [2.24, 2.45) is 0 Å². The molecular formula is C13H16N4O2. The second kappa shape index (κ2) is 5.43. The SMILES string of the molecule is COc1ccc(NC(=O)Cn2nc(N)cc2C)cc1. The average molecular weight is 260 g/mol. The van der Waals surface area contributed by atoms with Crippen molar-refractivity contribution in [2.75, 3.05) is 18.2 Å². The van der Waals surface area contributed by atoms with Gasteiger partial charge in [0.25, 0.3) is 0 Å². The number of methoxy groups -OCH3 is 1. The summed E-state index contributed by atoms with van der Waals surface area (Å²) < 4.78 is 6.61. The lowest BCUT2D eigenvalue weighted by Crippen LogP contribution is -2.20. The van der Waals surface area contributed by atoms with Crippen molar-refractivity contribution in [3.63, 3.8) is 0 Å². The number of nitrogen functional groups attached to an aromatic ring is 1. The average Bonchev–Trinajstić information content (AvgIpc) is 2.68. The van der Waals surface area contributed by atoms with Crippen LogP contribution in [0.4, 0.5) is 11.5 Å². The summed E-state index contributed by atoms with van der Waals surface area (Å²) in [6, 6.07) is 8.85. The molecule has 0 aliphatic heterocycles. The first kappa shape index (κ1) is 12.9. The van der Waals surface area contributed by atoms with E-state index in [1.54, 1.807) is 42.1 Å². The number of nitrogens with one attached hydrogen (secondary N) is 1. The van der Waals surface area contributed by atoms with Crippen LogP contribution in [0.1, 0.15) is 5.69 Å². The molecule has 1 aromatic heterocycles. The molecule has 0 spiro atoms. The number of ether oxygens (including phenoxy) is 1. The lowest BCUT2D eigenvalue weighted by atomic mass is 10.3. The maximum atomic E-state index is 11.9. The minimum atomic E-state index is -0.156. The number of carbonyl (C=O) groups excluding carboxylic acids is 1. The standard InChI is InChI=1S/C13H16N4O2/c1-9-7-12(14)16-17(9)8-13(18)15-10-3-5-11(19-2)6-4-10/h3-7H,8H2,1-2H3,(H2,14,16)(H,15,18). The summed E-state index contributed by atoms with van der Waals surface area (Å²) in [6.45, 7) is 1.99. The molecule has 2 rings (SSSR count). The summed E-state index contributed by atoms with van der Waals surface area (Å²) in [5.41, 5.74) is 7.12. The highest BCUT2D eigenvalue weighted by molar-refractivity contribution is 5.90. The number of anilines is 2. The first-order chi connectivity index (χ1) is 9.08. The van der Waals surface area contributed by atoms with Crippen molar-refractivity contribution in [3.05, 3.63) is 36.0 Å². The third kappa shape index (κ3) is 3.25. The van der Waals surface area contributed by atoms with Crippen LogP contribution < -0.4 is 15.8 Å². The Hall–Kier alpha value is -2.50. The van der Waals surface area contributed by atoms with E-state index in [-0.39, 0.29) is 12.5 Å². The van der Waals surface area contributed by atoms with Crippen molar-refractivity contribution in [3.8, 4) is 5.75 Å². The van der Waals surface area contributed by atoms with E-state index in [4.69, 9.17) is 10.5 Å². The Balaban J connectivity index is 1.99. The van der Waals surface area contributed by atoms with E-state index in [2.05, 4.69) is 10.4 Å². The van der Waals surface area contributed by atoms with Gasteiger partial charge in [0.2, 0.25) is 5.91 Å². The fourth-order valence-corrected chi connectivity index (χ4v) is 1.71. The van der Waals surface area contributed by atoms with Crippen molar-refractivity contribution < 1.29 is 9.53 Å². The van der Waals surface area contributed by atoms with E-state index in [0.29, 0.717) is 11.5 Å². The summed E-state index contributed by atoms with van der Waals surface area (Å²) in [6.07, 6.45) is 0. The second-order valence-electron chi connectivity index (χ2n) is 4.14. The van der Waals surface area contributed by atoms with Crippen LogP contribution in [0.2, 0.25) is 0 Å². The zero-order chi connectivity index (χ0) is 13.8. The van der Waals surface area contributed by atoms with Crippen LogP contribution in [0.15, 0.2) is 30.3 Å². The zero-order valence-corrected chi connectivity index (χ0v) is 10.9. The number of nitrogens with two attached hydrogens (primary N) is 1. The molecule has 0 aliphatic rings. The van der Waals surface area contributed by atoms with Gasteiger partial charge < -0.3 is 15.8 Å². The van der Waals surface area contributed by atoms with E-state index in [1.165, 1.54) is 0 Å². The summed E-state index contributed by atoms with van der Waals surface area (Å²) in [4.78, 5) is 11.9. The predicted molar refractivity (Wildman–Crippen MR) is 73.0 cm³/mol. The highest BCUT2D eigenvalue weighted by Crippen LogP contribution is 2.15. The van der Waals surface area contributed by atoms with Gasteiger partial charge in [-0.05, 0) is 31.2 Å². The molecular weight excluding hydrogens is 244 g/mol. The monoisotopic (exact) mass is 260 g/mol. The largest absolute Gasteiger partial charge is 0.497 e. The van der Waals surface area contributed by atoms with Gasteiger partial charge in [0.1, 0.15) is 18.1 Å². The van der Waals surface area contributed by atoms with Gasteiger partial charge in [0.05, 0.1) is 7.11 Å². The van der Waals surface area contributed by atoms with E-state index in [9.17, 15) is 4.79 Å². The number of benzene rings is 1. The number of nitrogens with zero attached hydrogens (tertiary/aromatic N) is 2. The van der Waals surface area contributed by atoms with Gasteiger partial charge in [-0.2, -0.15) is 5.10 Å². The highest BCUT2D eigenvalue weighted by atomic mass is 16.5. The van der Waals surface area contributed by atoms with E-state index in [1.807, 2.05) is 6.92 Å². The molecule has 2 aromatic rings. The van der Waals surface area contributed by atoms with Gasteiger partial charge in [-0.15, -0.1) is 0 Å². The molecule has 6 heteroatoms. The molecule has 6 nitrogen and oxygen atoms in total. The molecule has 0 saturated carbocycles. The van der Waals surface area contributed by atoms with E-state index in [0.717, 1.165) is 11.4 Å². The summed E-state index contributed by atoms with van der Waals surface area (Å²) >= 11 is 0. The number of carbonyl (C=O) groups is 1. The molecule has 1 heterocycles. The van der Waals surface area contributed by atoms with Gasteiger partial charge in [-0.3, -0.25) is 9.48 Å². The van der Waals surface area contributed by atoms with Crippen molar-refractivity contribution in [2.45, 2.75) is 13.5 Å². The van der Waals surface area contributed by atoms with Crippen LogP contribution in [0.3, 0.4) is 0 Å². The van der Waals surface area contributed by atoms with Gasteiger partial charge in [-0.25, -0.2) is 0 Å². The van der Waals surface area contributed by atoms with Crippen LogP contribution in [-0.4, -0.2) is 22.8 Å². The van der Waals surface area contributed by atoms with Gasteiger partial charge in [-0.1, -0.05) is 0 Å². The maximum Gasteiger partial charge on any atom is 0.246 e. The van der Waals surface area contributed by atoms with Crippen LogP contribution in [-0.2, 0) is 11.3 Å². The molecule has 0 saturated heterocycles. The fraction of sp³-hybridized carbons (Fsp3) is 0.231. The number of rotatable bonds is 4. The summed E-state index contributed by atoms with van der Waals surface area (Å²) in [5, 5.41) is 6.81. The van der Waals surface area contributed by atoms with E-state index < -0.39 is 0 Å². The maximum absolute atomic E-state index is 11.9. The lowest BCUT2D eigenvalue weighted by Gasteiger charge is -2.07. The Kier molecular flexibility index (Phi) is 3.70. The molecule has 100 valence electrons. The number of aryl methyl sites for hydroxylation is 1. The number of amides is 1. The van der Waals surface area contributed by atoms with Crippen LogP contribution >= 0.6 is 0 Å². The van der Waals surface area contributed by atoms with Crippen LogP contribution in [0, 0.1) is 6.92 Å². The quantitative estimate of drug-likeness (QED) is 0.871. The predicted octanol–water partition coefficient (Wildman–Crippen LogP) is 1.42. The first-order valence-corrected chi connectivity index (χ1v) is 5.82. The Labute approximate surface area is 111 Å². The van der Waals surface area contributed by atoms with Gasteiger partial charge in [0.15, 0.2) is 0 Å². The lowest BCUT2D eigenvalue weighted by molar-refractivity contribution is -0.116. The minimum absolute atomic E-state index is 0.134. The smallest absolute Gasteiger partial charge is 0.246 e. The summed E-state index contributed by atoms with van der Waals surface area (Å²) in [5.74, 6) is 1.000. The molecule has 19 heavy (non-hydrogen) atoms. The van der Waals surface area contributed by atoms with Gasteiger partial charge in [0, 0.05) is 17.4 Å². The molecule has 3 N–H and O–H groups in total. The molecule has 0 aliphatic carbocycles. The topological polar surface area (TPSA) is 82.2 Å². The number of aromatic nitrogens is 2. The van der Waals surface area contributed by atoms with Gasteiger partial charge >= 0.3 is 0 Å². The third-order valence-corrected chi connectivity index (χ3v) is 2.67. The summed E-state index contributed by atoms with van der Waals surface area (Å²) in [7, 11) is 1.60. The third-order valence-electron chi connectivity index (χ3n) is 2.67. The molecule has 0 unspecified atom stereocenters. The van der Waals surface area contributed by atoms with Crippen LogP contribution in [0.25, 0.3) is 0 Å². The molecule has 0 atom stereocenters. The second-order valence-corrected chi connectivity index (χ2v) is 4.14. The number of hydrogen-bond donors (Lipinski definition) is 2. The molecule has 1 aromatic carbocycles. The van der Waals surface area contributed by atoms with E-state index >= 15 is 0 Å². The van der Waals surface area contributed by atoms with Crippen molar-refractivity contribution in [1.82, 2.24) is 9.78 Å². The zero-order valence-electron chi connectivity index (χ0n) is 10.9. The molecule has 0 bridgehead atoms. The highest BCUT2D eigenvalue weighted by Gasteiger charge is 2.07. The first-order valence-electron chi connectivity index (χ1n) is 5.82. The van der Waals surface area contributed by atoms with Crippen molar-refractivity contribution >= 4 is 17.4 Å². The fourth-order valence-electron chi connectivity index (χ4n) is 1.71. The Morgan fingerprint density at radius 1 is 1.42 bits per heavy atom. The van der Waals surface area contributed by atoms with Crippen LogP contribution in [0.5, 0.6) is 5.75 Å². The minimum Gasteiger partial charge on any atom is -0.497 e. The molecule has 1 amide bonds. The Morgan fingerprint density at radius 2 is 2.11 bits per heavy atom.